The minimum Gasteiger partial charge on any atom is -1.00 e. The standard InChI is InChI=1S/C14H17N5O7S.Na.H/c20-12(16-17-13(21)15-9-4-2-1-3-5-9)11-7-6-10-8-18(11)14(22)19(10)26-27(23,24)25;;/h1-5,10-11H,6-8H2,(H,16,20)(H2,15,17,21)(H,23,24,25);;/q;+1;-1/t10-,11+;;/m1../s1. The van der Waals surface area contributed by atoms with E-state index in [1.807, 2.05) is 0 Å². The Morgan fingerprint density at radius 1 is 1.18 bits per heavy atom. The number of fused-ring (bicyclic) bond motifs is 2. The summed E-state index contributed by atoms with van der Waals surface area (Å²) in [5.41, 5.74) is 4.92. The Bertz CT molecular complexity index is 859. The van der Waals surface area contributed by atoms with Crippen LogP contribution in [-0.2, 0) is 19.5 Å². The molecule has 0 saturated carbocycles. The van der Waals surface area contributed by atoms with Gasteiger partial charge in [-0.2, -0.15) is 13.5 Å². The maximum atomic E-state index is 12.3. The smallest absolute Gasteiger partial charge is 1.00 e. The van der Waals surface area contributed by atoms with Gasteiger partial charge < -0.3 is 11.6 Å². The van der Waals surface area contributed by atoms with Crippen molar-refractivity contribution in [3.8, 4) is 0 Å². The number of nitrogens with one attached hydrogen (secondary N) is 3. The molecule has 1 aromatic rings. The van der Waals surface area contributed by atoms with Crippen LogP contribution >= 0.6 is 0 Å². The number of carbonyl (C=O) groups excluding carboxylic acids is 3. The molecule has 2 aliphatic rings. The minimum absolute atomic E-state index is 0. The van der Waals surface area contributed by atoms with E-state index in [0.717, 1.165) is 4.90 Å². The van der Waals surface area contributed by atoms with E-state index >= 15 is 0 Å². The maximum Gasteiger partial charge on any atom is 1.00 e. The fourth-order valence-corrected chi connectivity index (χ4v) is 3.38. The fraction of sp³-hybridized carbons (Fsp3) is 0.357. The third-order valence-electron chi connectivity index (χ3n) is 4.13. The number of benzene rings is 1. The molecule has 5 amide bonds. The van der Waals surface area contributed by atoms with E-state index < -0.39 is 40.5 Å². The Morgan fingerprint density at radius 2 is 1.86 bits per heavy atom. The van der Waals surface area contributed by atoms with Crippen molar-refractivity contribution in [1.29, 1.82) is 0 Å². The predicted octanol–water partition coefficient (Wildman–Crippen LogP) is -3.04. The van der Waals surface area contributed by atoms with Gasteiger partial charge in [0.15, 0.2) is 0 Å². The van der Waals surface area contributed by atoms with Gasteiger partial charge in [0, 0.05) is 12.2 Å². The van der Waals surface area contributed by atoms with E-state index in [1.54, 1.807) is 30.3 Å². The topological polar surface area (TPSA) is 157 Å². The summed E-state index contributed by atoms with van der Waals surface area (Å²) in [5, 5.41) is 3.05. The molecule has 14 heteroatoms. The van der Waals surface area contributed by atoms with E-state index in [1.165, 1.54) is 0 Å². The summed E-state index contributed by atoms with van der Waals surface area (Å²) in [6.45, 7) is 0.0582. The first kappa shape index (κ1) is 22.4. The van der Waals surface area contributed by atoms with Crippen LogP contribution in [0.15, 0.2) is 30.3 Å². The Kier molecular flexibility index (Phi) is 7.25. The van der Waals surface area contributed by atoms with Crippen molar-refractivity contribution in [2.75, 3.05) is 11.9 Å². The van der Waals surface area contributed by atoms with Gasteiger partial charge in [0.25, 0.3) is 5.91 Å². The zero-order chi connectivity index (χ0) is 19.6. The Morgan fingerprint density at radius 3 is 2.50 bits per heavy atom. The number of hydrazine groups is 1. The zero-order valence-corrected chi connectivity index (χ0v) is 17.7. The van der Waals surface area contributed by atoms with Crippen LogP contribution < -0.4 is 45.7 Å². The first-order chi connectivity index (χ1) is 12.7. The normalized spacial score (nSPS) is 21.0. The second kappa shape index (κ2) is 9.07. The molecule has 2 heterocycles. The summed E-state index contributed by atoms with van der Waals surface area (Å²) in [5.74, 6) is -0.640. The summed E-state index contributed by atoms with van der Waals surface area (Å²) in [4.78, 5) is 37.4. The molecule has 0 spiro atoms. The number of urea groups is 2. The van der Waals surface area contributed by atoms with Crippen molar-refractivity contribution in [1.82, 2.24) is 20.8 Å². The van der Waals surface area contributed by atoms with Crippen molar-refractivity contribution in [2.24, 2.45) is 0 Å². The van der Waals surface area contributed by atoms with Gasteiger partial charge in [0.05, 0.1) is 6.04 Å². The van der Waals surface area contributed by atoms with E-state index in [-0.39, 0.29) is 50.4 Å². The Balaban J connectivity index is 0.00000210. The zero-order valence-electron chi connectivity index (χ0n) is 15.9. The molecule has 2 fully saturated rings. The molecular formula is C14H18N5NaO7S. The van der Waals surface area contributed by atoms with Crippen LogP contribution in [0, 0.1) is 0 Å². The van der Waals surface area contributed by atoms with Gasteiger partial charge >= 0.3 is 52.0 Å². The van der Waals surface area contributed by atoms with E-state index in [9.17, 15) is 22.8 Å². The van der Waals surface area contributed by atoms with Gasteiger partial charge in [-0.15, -0.1) is 4.28 Å². The SMILES string of the molecule is O=C(NNC(=O)[C@@H]1CC[C@@H]2CN1C(=O)N2OS(=O)(=O)O)Nc1ccccc1.[H-].[Na+]. The first-order valence-electron chi connectivity index (χ1n) is 7.93. The molecule has 148 valence electrons. The summed E-state index contributed by atoms with van der Waals surface area (Å²) >= 11 is 0. The fourth-order valence-electron chi connectivity index (χ4n) is 2.99. The molecule has 2 saturated heterocycles. The molecule has 0 aromatic heterocycles. The molecule has 3 rings (SSSR count). The number of hydrogen-bond acceptors (Lipinski definition) is 6. The second-order valence-corrected chi connectivity index (χ2v) is 6.95. The van der Waals surface area contributed by atoms with Crippen LogP contribution in [-0.4, -0.2) is 59.5 Å². The monoisotopic (exact) mass is 423 g/mol. The minimum atomic E-state index is -4.86. The molecule has 0 aliphatic carbocycles. The van der Waals surface area contributed by atoms with E-state index in [0.29, 0.717) is 10.8 Å². The van der Waals surface area contributed by atoms with Gasteiger partial charge in [-0.3, -0.25) is 14.8 Å². The number of rotatable bonds is 4. The predicted molar refractivity (Wildman–Crippen MR) is 91.2 cm³/mol. The number of carbonyl (C=O) groups is 3. The number of amides is 5. The quantitative estimate of drug-likeness (QED) is 0.228. The summed E-state index contributed by atoms with van der Waals surface area (Å²) in [6.07, 6.45) is 0.515. The Labute approximate surface area is 184 Å². The number of hydrogen-bond donors (Lipinski definition) is 4. The summed E-state index contributed by atoms with van der Waals surface area (Å²) in [7, 11) is -4.86. The van der Waals surface area contributed by atoms with Gasteiger partial charge in [-0.05, 0) is 25.0 Å². The van der Waals surface area contributed by atoms with Gasteiger partial charge in [0.1, 0.15) is 6.04 Å². The molecule has 2 atom stereocenters. The molecule has 1 aromatic carbocycles. The summed E-state index contributed by atoms with van der Waals surface area (Å²) in [6, 6.07) is 5.52. The van der Waals surface area contributed by atoms with Gasteiger partial charge in [-0.1, -0.05) is 18.2 Å². The number of hydroxylamine groups is 2. The molecule has 2 aliphatic heterocycles. The van der Waals surface area contributed by atoms with Crippen LogP contribution in [0.5, 0.6) is 0 Å². The molecular weight excluding hydrogens is 405 g/mol. The third kappa shape index (κ3) is 5.33. The molecule has 0 unspecified atom stereocenters. The van der Waals surface area contributed by atoms with Crippen molar-refractivity contribution < 1.29 is 62.6 Å². The average molecular weight is 423 g/mol. The molecule has 12 nitrogen and oxygen atoms in total. The van der Waals surface area contributed by atoms with E-state index in [2.05, 4.69) is 20.5 Å². The second-order valence-electron chi connectivity index (χ2n) is 5.94. The van der Waals surface area contributed by atoms with Crippen LogP contribution in [0.3, 0.4) is 0 Å². The van der Waals surface area contributed by atoms with Crippen LogP contribution in [0.1, 0.15) is 14.3 Å². The van der Waals surface area contributed by atoms with Crippen molar-refractivity contribution in [3.63, 3.8) is 0 Å². The summed E-state index contributed by atoms with van der Waals surface area (Å²) < 4.78 is 34.7. The van der Waals surface area contributed by atoms with Crippen molar-refractivity contribution >= 4 is 34.1 Å². The van der Waals surface area contributed by atoms with Crippen LogP contribution in [0.2, 0.25) is 0 Å². The Hall–Kier alpha value is -1.90. The van der Waals surface area contributed by atoms with Gasteiger partial charge in [-0.25, -0.2) is 15.0 Å². The van der Waals surface area contributed by atoms with Gasteiger partial charge in [0.2, 0.25) is 0 Å². The first-order valence-corrected chi connectivity index (χ1v) is 9.30. The molecule has 0 radical (unpaired) electrons. The van der Waals surface area contributed by atoms with Crippen molar-refractivity contribution in [3.05, 3.63) is 30.3 Å². The van der Waals surface area contributed by atoms with E-state index in [4.69, 9.17) is 4.55 Å². The van der Waals surface area contributed by atoms with Crippen LogP contribution in [0.25, 0.3) is 0 Å². The maximum absolute atomic E-state index is 12.3. The number of anilines is 1. The molecule has 28 heavy (non-hydrogen) atoms. The molecule has 2 bridgehead atoms. The number of para-hydroxylation sites is 1. The largest absolute Gasteiger partial charge is 1.00 e. The molecule has 4 N–H and O–H groups in total. The van der Waals surface area contributed by atoms with Crippen molar-refractivity contribution in [2.45, 2.75) is 24.9 Å². The third-order valence-corrected chi connectivity index (χ3v) is 4.48. The average Bonchev–Trinajstić information content (AvgIpc) is 2.84. The number of nitrogens with zero attached hydrogens (tertiary/aromatic N) is 2. The number of piperidine rings is 1. The van der Waals surface area contributed by atoms with Crippen LogP contribution in [0.4, 0.5) is 15.3 Å².